The van der Waals surface area contributed by atoms with Gasteiger partial charge in [0.05, 0.1) is 13.1 Å². The second kappa shape index (κ2) is 11.4. The number of nitrogens with zero attached hydrogens (tertiary/aromatic N) is 4. The van der Waals surface area contributed by atoms with Crippen LogP contribution in [0.5, 0.6) is 0 Å². The largest absolute Gasteiger partial charge is 1.00 e. The Kier molecular flexibility index (Phi) is 8.75. The van der Waals surface area contributed by atoms with E-state index in [0.717, 1.165) is 31.5 Å². The first kappa shape index (κ1) is 27.6. The Morgan fingerprint density at radius 2 is 1.83 bits per heavy atom. The predicted octanol–water partition coefficient (Wildman–Crippen LogP) is -2.17. The van der Waals surface area contributed by atoms with Crippen LogP contribution in [0.3, 0.4) is 0 Å². The number of amides is 2. The number of benzene rings is 1. The summed E-state index contributed by atoms with van der Waals surface area (Å²) < 4.78 is 0.605. The van der Waals surface area contributed by atoms with Crippen molar-refractivity contribution < 1.29 is 31.1 Å². The number of guanidine groups is 1. The summed E-state index contributed by atoms with van der Waals surface area (Å²) in [5, 5.41) is 5.42. The minimum absolute atomic E-state index is 0. The molecule has 1 aromatic carbocycles. The molecule has 4 heterocycles. The molecule has 3 saturated heterocycles. The topological polar surface area (TPSA) is 174 Å². The van der Waals surface area contributed by atoms with Crippen molar-refractivity contribution in [2.45, 2.75) is 31.8 Å². The number of aromatic nitrogens is 2. The van der Waals surface area contributed by atoms with E-state index in [1.54, 1.807) is 0 Å². The van der Waals surface area contributed by atoms with Crippen molar-refractivity contribution in [3.63, 3.8) is 0 Å². The third-order valence-electron chi connectivity index (χ3n) is 6.91. The van der Waals surface area contributed by atoms with Crippen molar-refractivity contribution in [3.8, 4) is 0 Å². The monoisotopic (exact) mass is 579 g/mol. The number of likely N-dealkylation sites (N-methyl/N-ethyl adjacent to an activating group) is 1. The number of fused-ring (bicyclic) bond motifs is 3. The molecule has 2 bridgehead atoms. The van der Waals surface area contributed by atoms with Crippen LogP contribution in [-0.4, -0.2) is 64.4 Å². The van der Waals surface area contributed by atoms with E-state index in [1.165, 1.54) is 0 Å². The van der Waals surface area contributed by atoms with Crippen LogP contribution in [-0.2, 0) is 4.79 Å². The molecular weight excluding hydrogens is 550 g/mol. The van der Waals surface area contributed by atoms with Crippen LogP contribution in [0.25, 0.3) is 0 Å². The minimum Gasteiger partial charge on any atom is -1.00 e. The summed E-state index contributed by atoms with van der Waals surface area (Å²) in [5.41, 5.74) is 18.3. The van der Waals surface area contributed by atoms with Gasteiger partial charge < -0.3 is 44.0 Å². The van der Waals surface area contributed by atoms with E-state index in [-0.39, 0.29) is 63.4 Å². The summed E-state index contributed by atoms with van der Waals surface area (Å²) in [5.74, 6) is -0.603. The molecule has 13 heteroatoms. The fraction of sp³-hybridized carbons (Fsp3) is 0.435. The number of hydrogen-bond acceptors (Lipinski definition) is 7. The second-order valence-corrected chi connectivity index (χ2v) is 9.42. The number of nitrogen functional groups attached to an aromatic ring is 2. The van der Waals surface area contributed by atoms with Gasteiger partial charge in [-0.25, -0.2) is 15.0 Å². The zero-order chi connectivity index (χ0) is 25.2. The van der Waals surface area contributed by atoms with Crippen LogP contribution in [0.1, 0.15) is 41.9 Å². The number of carbonyl (C=O) groups is 2. The highest BCUT2D eigenvalue weighted by Gasteiger charge is 2.52. The molecule has 3 fully saturated rings. The molecule has 2 aromatic rings. The van der Waals surface area contributed by atoms with E-state index in [1.807, 2.05) is 37.3 Å². The van der Waals surface area contributed by atoms with Crippen LogP contribution < -0.4 is 44.8 Å². The van der Waals surface area contributed by atoms with Crippen molar-refractivity contribution in [1.29, 1.82) is 0 Å². The number of hydrogen-bond donors (Lipinski definition) is 5. The molecule has 0 saturated carbocycles. The lowest BCUT2D eigenvalue weighted by atomic mass is 9.79. The van der Waals surface area contributed by atoms with Crippen LogP contribution >= 0.6 is 11.6 Å². The third kappa shape index (κ3) is 5.55. The Hall–Kier alpha value is -2.96. The highest BCUT2D eigenvalue weighted by Crippen LogP contribution is 2.42. The molecule has 2 atom stereocenters. The maximum Gasteiger partial charge on any atom is 0.283 e. The first-order valence-corrected chi connectivity index (χ1v) is 12.0. The molecule has 3 aliphatic rings. The van der Waals surface area contributed by atoms with E-state index in [0.29, 0.717) is 23.5 Å². The van der Waals surface area contributed by atoms with Crippen molar-refractivity contribution in [2.75, 3.05) is 37.6 Å². The van der Waals surface area contributed by atoms with Crippen LogP contribution in [0, 0.1) is 5.92 Å². The fourth-order valence-electron chi connectivity index (χ4n) is 5.32. The van der Waals surface area contributed by atoms with E-state index in [2.05, 4.69) is 25.6 Å². The van der Waals surface area contributed by atoms with Gasteiger partial charge in [-0.2, -0.15) is 0 Å². The van der Waals surface area contributed by atoms with Gasteiger partial charge in [0.15, 0.2) is 34.5 Å². The number of halogens is 2. The van der Waals surface area contributed by atoms with E-state index < -0.39 is 5.91 Å². The molecule has 1 unspecified atom stereocenters. The maximum atomic E-state index is 13.3. The van der Waals surface area contributed by atoms with Gasteiger partial charge in [0, 0.05) is 24.9 Å². The number of quaternary nitrogens is 1. The number of rotatable bonds is 6. The Morgan fingerprint density at radius 1 is 1.17 bits per heavy atom. The van der Waals surface area contributed by atoms with Crippen LogP contribution in [0.15, 0.2) is 35.3 Å². The standard InChI is InChI=1S/C23H30ClN9O2.BrH/c1-2-28-22(35)17(14-6-4-3-5-7-14)33-10-8-13(9-11-33)15(12-33)29-23(27)32-21(34)16-19(25)31-20(26)18(24)30-16;/h3-7,13,15,17H,2,8-12H2,1H3,(H7-,25,26,27,28,29,31,32,34,35);1H/t13?,15?,17-,33?;/m0./s1. The smallest absolute Gasteiger partial charge is 0.283 e. The van der Waals surface area contributed by atoms with Gasteiger partial charge in [0.25, 0.3) is 11.8 Å². The van der Waals surface area contributed by atoms with Gasteiger partial charge in [0.2, 0.25) is 0 Å². The lowest BCUT2D eigenvalue weighted by Crippen LogP contribution is -3.00. The van der Waals surface area contributed by atoms with Crippen LogP contribution in [0.2, 0.25) is 5.15 Å². The predicted molar refractivity (Wildman–Crippen MR) is 134 cm³/mol. The lowest BCUT2D eigenvalue weighted by Gasteiger charge is -2.54. The van der Waals surface area contributed by atoms with E-state index in [9.17, 15) is 9.59 Å². The summed E-state index contributed by atoms with van der Waals surface area (Å²) in [4.78, 5) is 38.3. The molecule has 36 heavy (non-hydrogen) atoms. The number of nitrogens with two attached hydrogens (primary N) is 3. The van der Waals surface area contributed by atoms with Crippen molar-refractivity contribution >= 4 is 41.0 Å². The second-order valence-electron chi connectivity index (χ2n) is 9.06. The Bertz CT molecular complexity index is 1140. The summed E-state index contributed by atoms with van der Waals surface area (Å²) >= 11 is 5.88. The third-order valence-corrected chi connectivity index (χ3v) is 7.19. The number of nitrogens with one attached hydrogen (secondary N) is 2. The SMILES string of the molecule is CCNC(=O)[C@H](c1ccccc1)[N+]12CCC(CC1)C(N=C(N)NC(=O)c1nc(Cl)c(N)nc1N)C2.[Br-]. The van der Waals surface area contributed by atoms with Crippen LogP contribution in [0.4, 0.5) is 11.6 Å². The number of aliphatic imine (C=N–C) groups is 1. The average molecular weight is 581 g/mol. The van der Waals surface area contributed by atoms with E-state index >= 15 is 0 Å². The van der Waals surface area contributed by atoms with Gasteiger partial charge in [-0.3, -0.25) is 14.9 Å². The number of carbonyl (C=O) groups excluding carboxylic acids is 2. The Balaban J connectivity index is 0.00000361. The Labute approximate surface area is 225 Å². The molecule has 5 rings (SSSR count). The average Bonchev–Trinajstić information content (AvgIpc) is 2.83. The molecule has 3 aliphatic heterocycles. The quantitative estimate of drug-likeness (QED) is 0.147. The first-order chi connectivity index (χ1) is 16.7. The highest BCUT2D eigenvalue weighted by molar-refractivity contribution is 6.31. The van der Waals surface area contributed by atoms with Gasteiger partial charge in [-0.05, 0) is 12.8 Å². The molecule has 11 nitrogen and oxygen atoms in total. The molecule has 8 N–H and O–H groups in total. The molecule has 0 radical (unpaired) electrons. The zero-order valence-electron chi connectivity index (χ0n) is 20.0. The zero-order valence-corrected chi connectivity index (χ0v) is 22.3. The molecular formula is C23H31BrClN9O2. The van der Waals surface area contributed by atoms with Crippen molar-refractivity contribution in [1.82, 2.24) is 20.6 Å². The van der Waals surface area contributed by atoms with Crippen molar-refractivity contribution in [2.24, 2.45) is 16.6 Å². The van der Waals surface area contributed by atoms with Gasteiger partial charge in [-0.15, -0.1) is 0 Å². The normalized spacial score (nSPS) is 23.9. The lowest BCUT2D eigenvalue weighted by molar-refractivity contribution is -0.962. The number of piperidine rings is 3. The summed E-state index contributed by atoms with van der Waals surface area (Å²) in [6, 6.07) is 9.39. The fourth-order valence-corrected chi connectivity index (χ4v) is 5.45. The molecule has 0 spiro atoms. The van der Waals surface area contributed by atoms with Gasteiger partial charge >= 0.3 is 0 Å². The number of anilines is 2. The van der Waals surface area contributed by atoms with E-state index in [4.69, 9.17) is 28.8 Å². The van der Waals surface area contributed by atoms with Gasteiger partial charge in [0.1, 0.15) is 12.6 Å². The summed E-state index contributed by atoms with van der Waals surface area (Å²) in [6.07, 6.45) is 1.84. The molecule has 2 amide bonds. The molecule has 0 aliphatic carbocycles. The summed E-state index contributed by atoms with van der Waals surface area (Å²) in [7, 11) is 0. The highest BCUT2D eigenvalue weighted by atomic mass is 79.9. The Morgan fingerprint density at radius 3 is 2.47 bits per heavy atom. The minimum atomic E-state index is -0.673. The maximum absolute atomic E-state index is 13.3. The first-order valence-electron chi connectivity index (χ1n) is 11.7. The van der Waals surface area contributed by atoms with Crippen molar-refractivity contribution in [3.05, 3.63) is 46.7 Å². The summed E-state index contributed by atoms with van der Waals surface area (Å²) in [6.45, 7) is 4.90. The molecule has 1 aromatic heterocycles. The van der Waals surface area contributed by atoms with Gasteiger partial charge in [-0.1, -0.05) is 41.9 Å². The molecule has 194 valence electrons.